The minimum Gasteiger partial charge on any atom is -0.463 e. The van der Waals surface area contributed by atoms with Crippen LogP contribution in [-0.2, 0) is 0 Å². The zero-order chi connectivity index (χ0) is 8.27. The van der Waals surface area contributed by atoms with Crippen molar-refractivity contribution in [2.45, 2.75) is 13.8 Å². The molecule has 0 atom stereocenters. The van der Waals surface area contributed by atoms with Gasteiger partial charge in [-0.25, -0.2) is 0 Å². The third kappa shape index (κ3) is 2.46. The smallest absolute Gasteiger partial charge is 0.127 e. The molecular formula is C10H12O. The molecule has 0 aliphatic heterocycles. The Bertz CT molecular complexity index is 263. The molecule has 0 heterocycles. The lowest BCUT2D eigenvalue weighted by Crippen LogP contribution is -1.87. The highest BCUT2D eigenvalue weighted by Gasteiger charge is 1.92. The molecule has 11 heavy (non-hydrogen) atoms. The van der Waals surface area contributed by atoms with Crippen molar-refractivity contribution in [2.24, 2.45) is 0 Å². The topological polar surface area (TPSA) is 9.23 Å². The first-order valence-electron chi connectivity index (χ1n) is 3.58. The number of rotatable bonds is 2. The van der Waals surface area contributed by atoms with Crippen LogP contribution in [-0.4, -0.2) is 0 Å². The van der Waals surface area contributed by atoms with Crippen LogP contribution in [0.5, 0.6) is 5.75 Å². The lowest BCUT2D eigenvalue weighted by Gasteiger charge is -2.03. The molecule has 1 rings (SSSR count). The van der Waals surface area contributed by atoms with Crippen LogP contribution in [0, 0.1) is 6.92 Å². The zero-order valence-electron chi connectivity index (χ0n) is 6.92. The van der Waals surface area contributed by atoms with Gasteiger partial charge in [-0.05, 0) is 31.5 Å². The van der Waals surface area contributed by atoms with Gasteiger partial charge in [0.25, 0.3) is 0 Å². The van der Waals surface area contributed by atoms with Crippen molar-refractivity contribution in [3.8, 4) is 5.75 Å². The van der Waals surface area contributed by atoms with Crippen molar-refractivity contribution in [2.75, 3.05) is 0 Å². The molecule has 0 aliphatic carbocycles. The van der Waals surface area contributed by atoms with Crippen LogP contribution in [0.1, 0.15) is 12.5 Å². The maximum Gasteiger partial charge on any atom is 0.127 e. The number of ether oxygens (including phenoxy) is 1. The summed E-state index contributed by atoms with van der Waals surface area (Å²) in [5, 5.41) is 0. The van der Waals surface area contributed by atoms with E-state index in [4.69, 9.17) is 4.74 Å². The molecule has 0 saturated heterocycles. The van der Waals surface area contributed by atoms with Crippen LogP contribution < -0.4 is 4.74 Å². The predicted molar refractivity (Wildman–Crippen MR) is 46.6 cm³/mol. The first-order chi connectivity index (χ1) is 5.18. The third-order valence-corrected chi connectivity index (χ3v) is 1.28. The van der Waals surface area contributed by atoms with Gasteiger partial charge in [0, 0.05) is 0 Å². The van der Waals surface area contributed by atoms with Gasteiger partial charge in [0.1, 0.15) is 5.75 Å². The summed E-state index contributed by atoms with van der Waals surface area (Å²) in [6, 6.07) is 7.90. The fourth-order valence-corrected chi connectivity index (χ4v) is 0.880. The molecule has 1 aromatic carbocycles. The van der Waals surface area contributed by atoms with Crippen molar-refractivity contribution in [3.05, 3.63) is 42.2 Å². The van der Waals surface area contributed by atoms with Gasteiger partial charge in [0.05, 0.1) is 5.76 Å². The molecule has 0 N–H and O–H groups in total. The van der Waals surface area contributed by atoms with E-state index >= 15 is 0 Å². The maximum atomic E-state index is 5.30. The lowest BCUT2D eigenvalue weighted by atomic mass is 10.2. The fourth-order valence-electron chi connectivity index (χ4n) is 0.880. The Hall–Kier alpha value is -1.24. The highest BCUT2D eigenvalue weighted by atomic mass is 16.5. The van der Waals surface area contributed by atoms with Crippen LogP contribution in [0.2, 0.25) is 0 Å². The van der Waals surface area contributed by atoms with Gasteiger partial charge in [-0.15, -0.1) is 0 Å². The summed E-state index contributed by atoms with van der Waals surface area (Å²) < 4.78 is 5.30. The summed E-state index contributed by atoms with van der Waals surface area (Å²) in [5.74, 6) is 1.58. The van der Waals surface area contributed by atoms with Gasteiger partial charge >= 0.3 is 0 Å². The van der Waals surface area contributed by atoms with Crippen LogP contribution in [0.25, 0.3) is 0 Å². The minimum atomic E-state index is 0.718. The van der Waals surface area contributed by atoms with Crippen LogP contribution in [0.3, 0.4) is 0 Å². The molecule has 0 saturated carbocycles. The minimum absolute atomic E-state index is 0.718. The summed E-state index contributed by atoms with van der Waals surface area (Å²) >= 11 is 0. The van der Waals surface area contributed by atoms with E-state index in [0.29, 0.717) is 0 Å². The van der Waals surface area contributed by atoms with E-state index in [-0.39, 0.29) is 0 Å². The average molecular weight is 148 g/mol. The molecule has 1 aromatic rings. The highest BCUT2D eigenvalue weighted by Crippen LogP contribution is 2.14. The van der Waals surface area contributed by atoms with Crippen molar-refractivity contribution < 1.29 is 4.74 Å². The molecule has 58 valence electrons. The van der Waals surface area contributed by atoms with Crippen molar-refractivity contribution in [3.63, 3.8) is 0 Å². The second-order valence-corrected chi connectivity index (χ2v) is 2.62. The van der Waals surface area contributed by atoms with Gasteiger partial charge in [0.15, 0.2) is 0 Å². The molecule has 1 nitrogen and oxygen atoms in total. The Morgan fingerprint density at radius 1 is 1.45 bits per heavy atom. The Morgan fingerprint density at radius 3 is 2.73 bits per heavy atom. The van der Waals surface area contributed by atoms with E-state index in [1.54, 1.807) is 0 Å². The Morgan fingerprint density at radius 2 is 2.18 bits per heavy atom. The van der Waals surface area contributed by atoms with Gasteiger partial charge in [-0.3, -0.25) is 0 Å². The largest absolute Gasteiger partial charge is 0.463 e. The standard InChI is InChI=1S/C10H12O/c1-8(2)11-10-6-4-5-9(3)7-10/h4-7H,1H2,2-3H3. The number of hydrogen-bond donors (Lipinski definition) is 0. The van der Waals surface area contributed by atoms with E-state index in [9.17, 15) is 0 Å². The first-order valence-corrected chi connectivity index (χ1v) is 3.58. The van der Waals surface area contributed by atoms with E-state index in [1.165, 1.54) is 5.56 Å². The highest BCUT2D eigenvalue weighted by molar-refractivity contribution is 5.28. The molecule has 0 aromatic heterocycles. The second kappa shape index (κ2) is 3.24. The molecule has 0 radical (unpaired) electrons. The van der Waals surface area contributed by atoms with Crippen molar-refractivity contribution >= 4 is 0 Å². The molecule has 0 fully saturated rings. The van der Waals surface area contributed by atoms with Crippen molar-refractivity contribution in [1.29, 1.82) is 0 Å². The van der Waals surface area contributed by atoms with Gasteiger partial charge in [0.2, 0.25) is 0 Å². The molecule has 0 spiro atoms. The van der Waals surface area contributed by atoms with Gasteiger partial charge < -0.3 is 4.74 Å². The summed E-state index contributed by atoms with van der Waals surface area (Å²) in [7, 11) is 0. The van der Waals surface area contributed by atoms with Crippen LogP contribution in [0.4, 0.5) is 0 Å². The van der Waals surface area contributed by atoms with E-state index < -0.39 is 0 Å². The fraction of sp³-hybridized carbons (Fsp3) is 0.200. The summed E-state index contributed by atoms with van der Waals surface area (Å²) in [6.07, 6.45) is 0. The number of benzene rings is 1. The lowest BCUT2D eigenvalue weighted by molar-refractivity contribution is 0.430. The number of hydrogen-bond acceptors (Lipinski definition) is 1. The molecule has 0 amide bonds. The van der Waals surface area contributed by atoms with E-state index in [0.717, 1.165) is 11.5 Å². The second-order valence-electron chi connectivity index (χ2n) is 2.62. The Balaban J connectivity index is 2.79. The van der Waals surface area contributed by atoms with Crippen LogP contribution >= 0.6 is 0 Å². The van der Waals surface area contributed by atoms with Crippen molar-refractivity contribution in [1.82, 2.24) is 0 Å². The molecule has 0 unspecified atom stereocenters. The Labute approximate surface area is 67.3 Å². The monoisotopic (exact) mass is 148 g/mol. The first kappa shape index (κ1) is 7.86. The molecule has 0 aliphatic rings. The zero-order valence-corrected chi connectivity index (χ0v) is 6.92. The molecular weight excluding hydrogens is 136 g/mol. The quantitative estimate of drug-likeness (QED) is 0.586. The Kier molecular flexibility index (Phi) is 2.32. The van der Waals surface area contributed by atoms with Gasteiger partial charge in [-0.1, -0.05) is 18.7 Å². The van der Waals surface area contributed by atoms with E-state index in [1.807, 2.05) is 38.1 Å². The normalized spacial score (nSPS) is 9.27. The molecule has 1 heteroatoms. The maximum absolute atomic E-state index is 5.30. The summed E-state index contributed by atoms with van der Waals surface area (Å²) in [4.78, 5) is 0. The summed E-state index contributed by atoms with van der Waals surface area (Å²) in [5.41, 5.74) is 1.20. The van der Waals surface area contributed by atoms with E-state index in [2.05, 4.69) is 6.58 Å². The number of allylic oxidation sites excluding steroid dienone is 1. The number of aryl methyl sites for hydroxylation is 1. The van der Waals surface area contributed by atoms with Gasteiger partial charge in [-0.2, -0.15) is 0 Å². The molecule has 0 bridgehead atoms. The predicted octanol–water partition coefficient (Wildman–Crippen LogP) is 2.91. The SMILES string of the molecule is C=C(C)Oc1cccc(C)c1. The van der Waals surface area contributed by atoms with Crippen LogP contribution in [0.15, 0.2) is 36.6 Å². The summed E-state index contributed by atoms with van der Waals surface area (Å²) in [6.45, 7) is 7.53. The third-order valence-electron chi connectivity index (χ3n) is 1.28. The average Bonchev–Trinajstić information content (AvgIpc) is 1.85.